The number of hydrogen-bond acceptors (Lipinski definition) is 4. The number of phenolic OH excluding ortho intramolecular Hbond substituents is 1. The van der Waals surface area contributed by atoms with E-state index in [1.165, 1.54) is 7.11 Å². The summed E-state index contributed by atoms with van der Waals surface area (Å²) < 4.78 is 4.93. The van der Waals surface area contributed by atoms with E-state index in [2.05, 4.69) is 0 Å². The van der Waals surface area contributed by atoms with Gasteiger partial charge in [0.15, 0.2) is 17.8 Å². The Morgan fingerprint density at radius 2 is 2.27 bits per heavy atom. The molecule has 4 nitrogen and oxygen atoms in total. The highest BCUT2D eigenvalue weighted by atomic mass is 16.5. The number of carbonyl (C=O) groups excluding carboxylic acids is 1. The third-order valence-electron chi connectivity index (χ3n) is 1.92. The molecule has 1 aromatic carbocycles. The molecule has 0 saturated heterocycles. The first-order valence-corrected chi connectivity index (χ1v) is 4.45. The van der Waals surface area contributed by atoms with Crippen molar-refractivity contribution < 1.29 is 14.6 Å². The molecule has 0 radical (unpaired) electrons. The average molecular weight is 207 g/mol. The molecular weight excluding hydrogens is 194 g/mol. The van der Waals surface area contributed by atoms with E-state index < -0.39 is 0 Å². The van der Waals surface area contributed by atoms with Crippen LogP contribution >= 0.6 is 0 Å². The number of ether oxygens (including phenoxy) is 1. The van der Waals surface area contributed by atoms with E-state index in [1.807, 2.05) is 0 Å². The lowest BCUT2D eigenvalue weighted by Crippen LogP contribution is -1.93. The Kier molecular flexibility index (Phi) is 3.88. The van der Waals surface area contributed by atoms with Gasteiger partial charge in [-0.15, -0.1) is 0 Å². The van der Waals surface area contributed by atoms with Gasteiger partial charge < -0.3 is 15.6 Å². The van der Waals surface area contributed by atoms with E-state index in [0.29, 0.717) is 12.8 Å². The van der Waals surface area contributed by atoms with Crippen LogP contribution in [0.2, 0.25) is 0 Å². The second kappa shape index (κ2) is 5.17. The maximum atomic E-state index is 10.7. The van der Waals surface area contributed by atoms with Crippen molar-refractivity contribution in [2.45, 2.75) is 0 Å². The molecule has 0 atom stereocenters. The van der Waals surface area contributed by atoms with E-state index in [4.69, 9.17) is 10.5 Å². The van der Waals surface area contributed by atoms with Gasteiger partial charge in [0.2, 0.25) is 0 Å². The molecule has 0 aromatic heterocycles. The lowest BCUT2D eigenvalue weighted by atomic mass is 10.1. The fourth-order valence-electron chi connectivity index (χ4n) is 1.20. The number of rotatable bonds is 4. The van der Waals surface area contributed by atoms with Crippen molar-refractivity contribution in [1.29, 1.82) is 0 Å². The second-order valence-electron chi connectivity index (χ2n) is 2.92. The van der Waals surface area contributed by atoms with Crippen molar-refractivity contribution in [1.82, 2.24) is 0 Å². The molecule has 0 saturated carbocycles. The van der Waals surface area contributed by atoms with E-state index in [-0.39, 0.29) is 17.1 Å². The summed E-state index contributed by atoms with van der Waals surface area (Å²) in [4.78, 5) is 10.7. The summed E-state index contributed by atoms with van der Waals surface area (Å²) in [7, 11) is 1.43. The van der Waals surface area contributed by atoms with Crippen molar-refractivity contribution in [3.05, 3.63) is 29.3 Å². The zero-order chi connectivity index (χ0) is 11.3. The van der Waals surface area contributed by atoms with Gasteiger partial charge in [0.25, 0.3) is 0 Å². The monoisotopic (exact) mass is 207 g/mol. The van der Waals surface area contributed by atoms with E-state index >= 15 is 0 Å². The maximum Gasteiger partial charge on any atom is 0.168 e. The second-order valence-corrected chi connectivity index (χ2v) is 2.92. The molecule has 0 aliphatic rings. The average Bonchev–Trinajstić information content (AvgIpc) is 2.27. The molecule has 80 valence electrons. The lowest BCUT2D eigenvalue weighted by Gasteiger charge is -2.06. The summed E-state index contributed by atoms with van der Waals surface area (Å²) in [6.07, 6.45) is 4.09. The summed E-state index contributed by atoms with van der Waals surface area (Å²) in [5.74, 6) is 0.133. The quantitative estimate of drug-likeness (QED) is 0.727. The van der Waals surface area contributed by atoms with Crippen LogP contribution in [-0.4, -0.2) is 25.0 Å². The predicted octanol–water partition coefficient (Wildman–Crippen LogP) is 1.19. The van der Waals surface area contributed by atoms with Crippen LogP contribution in [0.25, 0.3) is 6.08 Å². The fraction of sp³-hybridized carbons (Fsp3) is 0.182. The van der Waals surface area contributed by atoms with Crippen molar-refractivity contribution in [3.8, 4) is 11.5 Å². The largest absolute Gasteiger partial charge is 0.504 e. The molecule has 0 unspecified atom stereocenters. The van der Waals surface area contributed by atoms with E-state index in [0.717, 1.165) is 5.56 Å². The van der Waals surface area contributed by atoms with Gasteiger partial charge in [-0.2, -0.15) is 0 Å². The molecule has 1 aromatic rings. The Balaban J connectivity index is 3.20. The van der Waals surface area contributed by atoms with Gasteiger partial charge in [0.05, 0.1) is 12.7 Å². The Morgan fingerprint density at radius 1 is 1.53 bits per heavy atom. The Morgan fingerprint density at radius 3 is 2.80 bits per heavy atom. The number of aldehydes is 1. The van der Waals surface area contributed by atoms with Crippen molar-refractivity contribution in [2.24, 2.45) is 5.73 Å². The topological polar surface area (TPSA) is 72.5 Å². The molecule has 0 amide bonds. The number of phenols is 1. The molecule has 3 N–H and O–H groups in total. The third kappa shape index (κ3) is 2.57. The van der Waals surface area contributed by atoms with Crippen LogP contribution < -0.4 is 10.5 Å². The maximum absolute atomic E-state index is 10.7. The number of nitrogens with two attached hydrogens (primary N) is 1. The summed E-state index contributed by atoms with van der Waals surface area (Å²) in [5, 5.41) is 9.53. The Hall–Kier alpha value is -1.81. The minimum absolute atomic E-state index is 0.141. The van der Waals surface area contributed by atoms with Crippen molar-refractivity contribution in [2.75, 3.05) is 13.7 Å². The van der Waals surface area contributed by atoms with E-state index in [9.17, 15) is 9.90 Å². The number of aromatic hydroxyl groups is 1. The first-order chi connectivity index (χ1) is 7.22. The highest BCUT2D eigenvalue weighted by Gasteiger charge is 2.08. The summed E-state index contributed by atoms with van der Waals surface area (Å²) in [6.45, 7) is 0.416. The predicted molar refractivity (Wildman–Crippen MR) is 58.1 cm³/mol. The SMILES string of the molecule is COc1cc(C=CCN)cc(C=O)c1O. The molecule has 1 rings (SSSR count). The Bertz CT molecular complexity index is 386. The van der Waals surface area contributed by atoms with Gasteiger partial charge in [-0.3, -0.25) is 4.79 Å². The number of methoxy groups -OCH3 is 1. The standard InChI is InChI=1S/C11H13NO3/c1-15-10-6-8(3-2-4-12)5-9(7-13)11(10)14/h2-3,5-7,14H,4,12H2,1H3. The van der Waals surface area contributed by atoms with Crippen molar-refractivity contribution in [3.63, 3.8) is 0 Å². The molecule has 0 bridgehead atoms. The molecule has 15 heavy (non-hydrogen) atoms. The summed E-state index contributed by atoms with van der Waals surface area (Å²) in [5.41, 5.74) is 6.27. The first kappa shape index (κ1) is 11.3. The molecule has 0 fully saturated rings. The normalized spacial score (nSPS) is 10.5. The highest BCUT2D eigenvalue weighted by molar-refractivity contribution is 5.82. The van der Waals surface area contributed by atoms with Crippen LogP contribution in [0.4, 0.5) is 0 Å². The van der Waals surface area contributed by atoms with Crippen LogP contribution in [-0.2, 0) is 0 Å². The van der Waals surface area contributed by atoms with Gasteiger partial charge in [0, 0.05) is 6.54 Å². The fourth-order valence-corrected chi connectivity index (χ4v) is 1.20. The third-order valence-corrected chi connectivity index (χ3v) is 1.92. The van der Waals surface area contributed by atoms with Crippen LogP contribution in [0, 0.1) is 0 Å². The summed E-state index contributed by atoms with van der Waals surface area (Å²) >= 11 is 0. The van der Waals surface area contributed by atoms with Gasteiger partial charge >= 0.3 is 0 Å². The van der Waals surface area contributed by atoms with Gasteiger partial charge in [-0.1, -0.05) is 12.2 Å². The minimum atomic E-state index is -0.141. The Labute approximate surface area is 88.0 Å². The van der Waals surface area contributed by atoms with Crippen LogP contribution in [0.15, 0.2) is 18.2 Å². The van der Waals surface area contributed by atoms with Crippen molar-refractivity contribution >= 4 is 12.4 Å². The zero-order valence-corrected chi connectivity index (χ0v) is 8.43. The van der Waals surface area contributed by atoms with Crippen LogP contribution in [0.5, 0.6) is 11.5 Å². The number of carbonyl (C=O) groups is 1. The molecule has 0 heterocycles. The smallest absolute Gasteiger partial charge is 0.168 e. The molecule has 0 aliphatic heterocycles. The molecular formula is C11H13NO3. The summed E-state index contributed by atoms with van der Waals surface area (Å²) in [6, 6.07) is 3.20. The van der Waals surface area contributed by atoms with Gasteiger partial charge in [-0.05, 0) is 17.7 Å². The van der Waals surface area contributed by atoms with Gasteiger partial charge in [0.1, 0.15) is 0 Å². The first-order valence-electron chi connectivity index (χ1n) is 4.45. The minimum Gasteiger partial charge on any atom is -0.504 e. The highest BCUT2D eigenvalue weighted by Crippen LogP contribution is 2.30. The number of benzene rings is 1. The zero-order valence-electron chi connectivity index (χ0n) is 8.43. The number of hydrogen-bond donors (Lipinski definition) is 2. The molecule has 0 spiro atoms. The molecule has 4 heteroatoms. The molecule has 0 aliphatic carbocycles. The van der Waals surface area contributed by atoms with Gasteiger partial charge in [-0.25, -0.2) is 0 Å². The van der Waals surface area contributed by atoms with E-state index in [1.54, 1.807) is 24.3 Å². The van der Waals surface area contributed by atoms with Crippen LogP contribution in [0.3, 0.4) is 0 Å². The van der Waals surface area contributed by atoms with Crippen LogP contribution in [0.1, 0.15) is 15.9 Å². The lowest BCUT2D eigenvalue weighted by molar-refractivity contribution is 0.112.